The molecule has 88 valence electrons. The molecule has 1 fully saturated rings. The molecule has 1 rings (SSSR count). The predicted octanol–water partition coefficient (Wildman–Crippen LogP) is 4.25. The molecule has 0 saturated carbocycles. The van der Waals surface area contributed by atoms with Gasteiger partial charge in [-0.25, -0.2) is 0 Å². The van der Waals surface area contributed by atoms with Gasteiger partial charge in [0.15, 0.2) is 0 Å². The summed E-state index contributed by atoms with van der Waals surface area (Å²) in [6.45, 7) is 18.8. The third kappa shape index (κ3) is 1.53. The Bertz CT molecular complexity index is 264. The minimum atomic E-state index is -1.14. The molecule has 1 saturated heterocycles. The number of hydrogen-bond donors (Lipinski definition) is 0. The molecule has 1 aliphatic heterocycles. The van der Waals surface area contributed by atoms with Gasteiger partial charge < -0.3 is 3.79 Å². The van der Waals surface area contributed by atoms with Crippen LogP contribution in [0, 0.1) is 10.8 Å². The first-order valence-corrected chi connectivity index (χ1v) is 8.26. The molecule has 1 aliphatic rings. The van der Waals surface area contributed by atoms with Crippen LogP contribution in [0.3, 0.4) is 0 Å². The van der Waals surface area contributed by atoms with Crippen LogP contribution in [0.5, 0.6) is 0 Å². The molecule has 0 aromatic carbocycles. The van der Waals surface area contributed by atoms with E-state index in [2.05, 4.69) is 61.2 Å². The molecule has 0 bridgehead atoms. The Morgan fingerprint density at radius 3 is 1.53 bits per heavy atom. The van der Waals surface area contributed by atoms with Gasteiger partial charge >= 0.3 is 14.5 Å². The zero-order chi connectivity index (χ0) is 12.3. The van der Waals surface area contributed by atoms with Crippen molar-refractivity contribution in [1.82, 2.24) is 0 Å². The van der Waals surface area contributed by atoms with Crippen LogP contribution in [0.15, 0.2) is 0 Å². The van der Waals surface area contributed by atoms with Crippen molar-refractivity contribution in [2.45, 2.75) is 71.1 Å². The first-order chi connectivity index (χ1) is 6.38. The molecule has 0 N–H and O–H groups in total. The smallest absolute Gasteiger partial charge is 0.464 e. The minimum absolute atomic E-state index is 0.00232. The zero-order valence-corrected chi connectivity index (χ0v) is 13.1. The van der Waals surface area contributed by atoms with Crippen LogP contribution in [-0.2, 0) is 3.79 Å². The first kappa shape index (κ1) is 13.6. The summed E-state index contributed by atoms with van der Waals surface area (Å²) in [5.41, 5.74) is 0.508. The molecule has 0 aromatic rings. The Balaban J connectivity index is 3.30. The standard InChI is InChI=1S/C12H24O.CH3.Al/c1-9(2)10(3,4)11(5,6)12(7,8)13;;/h1-8H3;1H3;/q-1;;+1. The van der Waals surface area contributed by atoms with E-state index in [1.165, 1.54) is 0 Å². The predicted molar refractivity (Wildman–Crippen MR) is 68.4 cm³/mol. The summed E-state index contributed by atoms with van der Waals surface area (Å²) in [4.78, 5) is 0. The lowest BCUT2D eigenvalue weighted by molar-refractivity contribution is -0.134. The van der Waals surface area contributed by atoms with Crippen LogP contribution in [0.1, 0.15) is 55.4 Å². The van der Waals surface area contributed by atoms with Crippen LogP contribution < -0.4 is 0 Å². The van der Waals surface area contributed by atoms with E-state index in [0.29, 0.717) is 9.69 Å². The van der Waals surface area contributed by atoms with Crippen molar-refractivity contribution >= 4 is 14.5 Å². The lowest BCUT2D eigenvalue weighted by Crippen LogP contribution is -2.64. The Labute approximate surface area is 100 Å². The fourth-order valence-corrected chi connectivity index (χ4v) is 5.65. The van der Waals surface area contributed by atoms with Crippen molar-refractivity contribution in [3.8, 4) is 0 Å². The Morgan fingerprint density at radius 1 is 0.733 bits per heavy atom. The second-order valence-corrected chi connectivity index (χ2v) is 10.2. The second-order valence-electron chi connectivity index (χ2n) is 7.24. The second kappa shape index (κ2) is 3.25. The third-order valence-corrected chi connectivity index (χ3v) is 9.86. The van der Waals surface area contributed by atoms with Crippen molar-refractivity contribution in [3.63, 3.8) is 0 Å². The van der Waals surface area contributed by atoms with Crippen LogP contribution >= 0.6 is 0 Å². The summed E-state index contributed by atoms with van der Waals surface area (Å²) in [5.74, 6) is 2.35. The van der Waals surface area contributed by atoms with Gasteiger partial charge in [-0.15, -0.1) is 0 Å². The molecular weight excluding hydrogens is 199 g/mol. The van der Waals surface area contributed by atoms with E-state index in [-0.39, 0.29) is 11.0 Å². The highest BCUT2D eigenvalue weighted by Crippen LogP contribution is 2.65. The summed E-state index contributed by atoms with van der Waals surface area (Å²) in [7, 11) is 0. The van der Waals surface area contributed by atoms with Crippen molar-refractivity contribution < 1.29 is 3.79 Å². The highest BCUT2D eigenvalue weighted by Gasteiger charge is 2.63. The number of hydrogen-bond acceptors (Lipinski definition) is 1. The maximum absolute atomic E-state index is 6.38. The molecule has 1 nitrogen and oxygen atoms in total. The lowest BCUT2D eigenvalue weighted by atomic mass is 9.55. The highest BCUT2D eigenvalue weighted by molar-refractivity contribution is 6.54. The Kier molecular flexibility index (Phi) is 2.94. The fourth-order valence-electron chi connectivity index (χ4n) is 2.80. The summed E-state index contributed by atoms with van der Waals surface area (Å²) in [5, 5.41) is 0. The van der Waals surface area contributed by atoms with Gasteiger partial charge in [0.05, 0.1) is 0 Å². The topological polar surface area (TPSA) is 9.23 Å². The van der Waals surface area contributed by atoms with Crippen LogP contribution in [0.25, 0.3) is 0 Å². The van der Waals surface area contributed by atoms with E-state index in [0.717, 1.165) is 0 Å². The van der Waals surface area contributed by atoms with Crippen molar-refractivity contribution in [1.29, 1.82) is 0 Å². The average molecular weight is 226 g/mol. The van der Waals surface area contributed by atoms with Crippen molar-refractivity contribution in [2.24, 2.45) is 10.8 Å². The molecule has 0 radical (unpaired) electrons. The highest BCUT2D eigenvalue weighted by atomic mass is 27.2. The third-order valence-electron chi connectivity index (χ3n) is 6.17. The molecule has 2 heteroatoms. The molecule has 0 aromatic heterocycles. The van der Waals surface area contributed by atoms with Crippen molar-refractivity contribution in [2.75, 3.05) is 0 Å². The molecule has 1 heterocycles. The van der Waals surface area contributed by atoms with E-state index in [4.69, 9.17) is 3.79 Å². The van der Waals surface area contributed by atoms with E-state index in [1.807, 2.05) is 0 Å². The molecule has 0 unspecified atom stereocenters. The maximum Gasteiger partial charge on any atom is 0.464 e. The minimum Gasteiger partial charge on any atom is -0.496 e. The fraction of sp³-hybridized carbons (Fsp3) is 1.00. The van der Waals surface area contributed by atoms with E-state index < -0.39 is 14.5 Å². The van der Waals surface area contributed by atoms with Crippen LogP contribution in [0.4, 0.5) is 0 Å². The quantitative estimate of drug-likeness (QED) is 0.561. The van der Waals surface area contributed by atoms with Gasteiger partial charge in [-0.3, -0.25) is 0 Å². The monoisotopic (exact) mass is 226 g/mol. The van der Waals surface area contributed by atoms with E-state index >= 15 is 0 Å². The van der Waals surface area contributed by atoms with Crippen LogP contribution in [0.2, 0.25) is 10.1 Å². The van der Waals surface area contributed by atoms with Gasteiger partial charge in [-0.2, -0.15) is 0 Å². The van der Waals surface area contributed by atoms with E-state index in [1.54, 1.807) is 0 Å². The van der Waals surface area contributed by atoms with Gasteiger partial charge in [0.1, 0.15) is 0 Å². The Hall–Kier alpha value is 0.492. The zero-order valence-electron chi connectivity index (χ0n) is 12.0. The van der Waals surface area contributed by atoms with Gasteiger partial charge in [0, 0.05) is 5.60 Å². The molecular formula is C13H27AlO. The maximum atomic E-state index is 6.38. The first-order valence-electron chi connectivity index (χ1n) is 6.06. The van der Waals surface area contributed by atoms with Gasteiger partial charge in [0.2, 0.25) is 0 Å². The average Bonchev–Trinajstić information content (AvgIpc) is 2.00. The number of rotatable bonds is 0. The SMILES string of the molecule is [CH3][Al]1[O]C(C)(C)C(C)(C)C(C)(C)[C]1(C)C. The normalized spacial score (nSPS) is 31.4. The molecule has 15 heavy (non-hydrogen) atoms. The van der Waals surface area contributed by atoms with E-state index in [9.17, 15) is 0 Å². The van der Waals surface area contributed by atoms with Gasteiger partial charge in [0.25, 0.3) is 0 Å². The summed E-state index contributed by atoms with van der Waals surface area (Å²) in [6, 6.07) is 0. The molecule has 0 amide bonds. The largest absolute Gasteiger partial charge is 0.496 e. The summed E-state index contributed by atoms with van der Waals surface area (Å²) < 4.78 is 6.72. The van der Waals surface area contributed by atoms with Crippen molar-refractivity contribution in [3.05, 3.63) is 0 Å². The van der Waals surface area contributed by atoms with Crippen LogP contribution in [-0.4, -0.2) is 20.1 Å². The summed E-state index contributed by atoms with van der Waals surface area (Å²) in [6.07, 6.45) is 0. The molecule has 0 atom stereocenters. The lowest BCUT2D eigenvalue weighted by Gasteiger charge is -2.65. The van der Waals surface area contributed by atoms with Gasteiger partial charge in [-0.05, 0) is 29.0 Å². The van der Waals surface area contributed by atoms with Gasteiger partial charge in [-0.1, -0.05) is 47.3 Å². The Morgan fingerprint density at radius 2 is 1.13 bits per heavy atom. The molecule has 0 spiro atoms. The molecule has 0 aliphatic carbocycles. The summed E-state index contributed by atoms with van der Waals surface area (Å²) >= 11 is -1.14.